The summed E-state index contributed by atoms with van der Waals surface area (Å²) in [6, 6.07) is 4.77. The number of nitrogens with zero attached hydrogens (tertiary/aromatic N) is 1. The highest BCUT2D eigenvalue weighted by Crippen LogP contribution is 2.33. The molecule has 1 saturated heterocycles. The fourth-order valence-electron chi connectivity index (χ4n) is 2.75. The Balaban J connectivity index is 2.37. The van der Waals surface area contributed by atoms with Crippen LogP contribution in [0.5, 0.6) is 0 Å². The number of amides is 1. The van der Waals surface area contributed by atoms with Crippen LogP contribution >= 0.6 is 0 Å². The number of halogens is 3. The van der Waals surface area contributed by atoms with Gasteiger partial charge >= 0.3 is 6.18 Å². The highest BCUT2D eigenvalue weighted by Gasteiger charge is 2.38. The van der Waals surface area contributed by atoms with Crippen LogP contribution in [0.4, 0.5) is 13.2 Å². The van der Waals surface area contributed by atoms with E-state index >= 15 is 0 Å². The van der Waals surface area contributed by atoms with Crippen molar-refractivity contribution in [3.05, 3.63) is 35.4 Å². The van der Waals surface area contributed by atoms with Crippen LogP contribution in [0.3, 0.4) is 0 Å². The van der Waals surface area contributed by atoms with Gasteiger partial charge in [0.1, 0.15) is 0 Å². The first-order valence-corrected chi connectivity index (χ1v) is 7.02. The topological polar surface area (TPSA) is 32.3 Å². The molecular formula is C15H19F3N2O. The molecule has 1 heterocycles. The Kier molecular flexibility index (Phi) is 4.56. The van der Waals surface area contributed by atoms with Crippen LogP contribution in [0.25, 0.3) is 0 Å². The molecule has 1 aliphatic rings. The molecule has 1 aliphatic heterocycles. The average Bonchev–Trinajstić information content (AvgIpc) is 2.91. The van der Waals surface area contributed by atoms with Crippen LogP contribution in [0.2, 0.25) is 0 Å². The number of hydrogen-bond acceptors (Lipinski definition) is 2. The van der Waals surface area contributed by atoms with Crippen molar-refractivity contribution in [2.45, 2.75) is 38.5 Å². The summed E-state index contributed by atoms with van der Waals surface area (Å²) in [5.41, 5.74) is -1.14. The number of hydrogen-bond donors (Lipinski definition) is 1. The molecule has 1 N–H and O–H groups in total. The first kappa shape index (κ1) is 15.8. The van der Waals surface area contributed by atoms with Crippen LogP contribution in [0.1, 0.15) is 36.2 Å². The third-order valence-corrected chi connectivity index (χ3v) is 3.68. The highest BCUT2D eigenvalue weighted by atomic mass is 19.4. The van der Waals surface area contributed by atoms with Gasteiger partial charge in [0.05, 0.1) is 11.1 Å². The van der Waals surface area contributed by atoms with Crippen molar-refractivity contribution in [3.8, 4) is 0 Å². The molecular weight excluding hydrogens is 281 g/mol. The van der Waals surface area contributed by atoms with Crippen molar-refractivity contribution >= 4 is 5.91 Å². The van der Waals surface area contributed by atoms with E-state index in [0.29, 0.717) is 6.54 Å². The van der Waals surface area contributed by atoms with Crippen molar-refractivity contribution in [1.29, 1.82) is 0 Å². The minimum atomic E-state index is -4.52. The smallest absolute Gasteiger partial charge is 0.332 e. The SMILES string of the molecule is CC(C)N(C(=O)c1ccccc1C(F)(F)F)[C@H]1CCNC1. The number of benzene rings is 1. The molecule has 1 fully saturated rings. The van der Waals surface area contributed by atoms with Gasteiger partial charge < -0.3 is 10.2 Å². The molecule has 1 aromatic rings. The summed E-state index contributed by atoms with van der Waals surface area (Å²) in [6.45, 7) is 5.05. The van der Waals surface area contributed by atoms with Gasteiger partial charge in [-0.05, 0) is 38.9 Å². The van der Waals surface area contributed by atoms with Gasteiger partial charge in [-0.25, -0.2) is 0 Å². The zero-order valence-corrected chi connectivity index (χ0v) is 12.1. The normalized spacial score (nSPS) is 19.0. The van der Waals surface area contributed by atoms with E-state index in [2.05, 4.69) is 5.32 Å². The molecule has 0 bridgehead atoms. The Hall–Kier alpha value is -1.56. The van der Waals surface area contributed by atoms with E-state index in [1.807, 2.05) is 13.8 Å². The molecule has 1 amide bonds. The molecule has 0 unspecified atom stereocenters. The standard InChI is InChI=1S/C15H19F3N2O/c1-10(2)20(11-7-8-19-9-11)14(21)12-5-3-4-6-13(12)15(16,17)18/h3-6,10-11,19H,7-9H2,1-2H3/t11-/m0/s1. The maximum absolute atomic E-state index is 13.1. The van der Waals surface area contributed by atoms with Crippen LogP contribution in [-0.4, -0.2) is 36.0 Å². The maximum atomic E-state index is 13.1. The van der Waals surface area contributed by atoms with Crippen molar-refractivity contribution in [3.63, 3.8) is 0 Å². The fourth-order valence-corrected chi connectivity index (χ4v) is 2.75. The van der Waals surface area contributed by atoms with Crippen molar-refractivity contribution in [2.75, 3.05) is 13.1 Å². The summed E-state index contributed by atoms with van der Waals surface area (Å²) in [7, 11) is 0. The van der Waals surface area contributed by atoms with Crippen LogP contribution < -0.4 is 5.32 Å². The van der Waals surface area contributed by atoms with E-state index in [0.717, 1.165) is 19.0 Å². The van der Waals surface area contributed by atoms with Crippen molar-refractivity contribution < 1.29 is 18.0 Å². The van der Waals surface area contributed by atoms with Gasteiger partial charge in [0.25, 0.3) is 5.91 Å². The lowest BCUT2D eigenvalue weighted by atomic mass is 10.0. The summed E-state index contributed by atoms with van der Waals surface area (Å²) in [5.74, 6) is -0.549. The average molecular weight is 300 g/mol. The number of carbonyl (C=O) groups excluding carboxylic acids is 1. The Morgan fingerprint density at radius 1 is 1.33 bits per heavy atom. The molecule has 0 radical (unpaired) electrons. The lowest BCUT2D eigenvalue weighted by molar-refractivity contribution is -0.138. The first-order valence-electron chi connectivity index (χ1n) is 7.02. The van der Waals surface area contributed by atoms with Crippen LogP contribution in [0.15, 0.2) is 24.3 Å². The first-order chi connectivity index (χ1) is 9.82. The van der Waals surface area contributed by atoms with Gasteiger partial charge in [0.2, 0.25) is 0 Å². The van der Waals surface area contributed by atoms with Gasteiger partial charge in [-0.15, -0.1) is 0 Å². The lowest BCUT2D eigenvalue weighted by Crippen LogP contribution is -2.46. The monoisotopic (exact) mass is 300 g/mol. The second kappa shape index (κ2) is 6.05. The molecule has 1 atom stereocenters. The molecule has 116 valence electrons. The molecule has 0 aromatic heterocycles. The summed E-state index contributed by atoms with van der Waals surface area (Å²) in [6.07, 6.45) is -3.76. The zero-order valence-electron chi connectivity index (χ0n) is 12.1. The maximum Gasteiger partial charge on any atom is 0.417 e. The molecule has 21 heavy (non-hydrogen) atoms. The minimum Gasteiger partial charge on any atom is -0.332 e. The second-order valence-corrected chi connectivity index (χ2v) is 5.50. The zero-order chi connectivity index (χ0) is 15.6. The third kappa shape index (κ3) is 3.37. The Bertz CT molecular complexity index is 508. The number of rotatable bonds is 3. The van der Waals surface area contributed by atoms with E-state index in [9.17, 15) is 18.0 Å². The quantitative estimate of drug-likeness (QED) is 0.931. The summed E-state index contributed by atoms with van der Waals surface area (Å²) in [5, 5.41) is 3.14. The third-order valence-electron chi connectivity index (χ3n) is 3.68. The second-order valence-electron chi connectivity index (χ2n) is 5.50. The molecule has 3 nitrogen and oxygen atoms in total. The molecule has 0 aliphatic carbocycles. The molecule has 1 aromatic carbocycles. The lowest BCUT2D eigenvalue weighted by Gasteiger charge is -2.33. The van der Waals surface area contributed by atoms with E-state index in [1.54, 1.807) is 4.90 Å². The molecule has 2 rings (SSSR count). The predicted molar refractivity (Wildman–Crippen MR) is 74.0 cm³/mol. The Labute approximate surface area is 122 Å². The summed E-state index contributed by atoms with van der Waals surface area (Å²) in [4.78, 5) is 14.2. The van der Waals surface area contributed by atoms with Gasteiger partial charge in [0, 0.05) is 18.6 Å². The van der Waals surface area contributed by atoms with E-state index in [1.165, 1.54) is 18.2 Å². The van der Waals surface area contributed by atoms with E-state index in [-0.39, 0.29) is 17.6 Å². The minimum absolute atomic E-state index is 0.0567. The van der Waals surface area contributed by atoms with Gasteiger partial charge in [-0.3, -0.25) is 4.79 Å². The van der Waals surface area contributed by atoms with Crippen molar-refractivity contribution in [1.82, 2.24) is 10.2 Å². The molecule has 0 spiro atoms. The highest BCUT2D eigenvalue weighted by molar-refractivity contribution is 5.96. The van der Waals surface area contributed by atoms with Crippen molar-refractivity contribution in [2.24, 2.45) is 0 Å². The van der Waals surface area contributed by atoms with E-state index < -0.39 is 17.6 Å². The Morgan fingerprint density at radius 2 is 2.00 bits per heavy atom. The number of nitrogens with one attached hydrogen (secondary N) is 1. The Morgan fingerprint density at radius 3 is 2.52 bits per heavy atom. The summed E-state index contributed by atoms with van der Waals surface area (Å²) < 4.78 is 39.2. The fraction of sp³-hybridized carbons (Fsp3) is 0.533. The van der Waals surface area contributed by atoms with Gasteiger partial charge in [0.15, 0.2) is 0 Å². The summed E-state index contributed by atoms with van der Waals surface area (Å²) >= 11 is 0. The van der Waals surface area contributed by atoms with Gasteiger partial charge in [-0.1, -0.05) is 12.1 Å². The van der Waals surface area contributed by atoms with Crippen LogP contribution in [0, 0.1) is 0 Å². The number of alkyl halides is 3. The van der Waals surface area contributed by atoms with Gasteiger partial charge in [-0.2, -0.15) is 13.2 Å². The molecule has 6 heteroatoms. The number of carbonyl (C=O) groups is 1. The largest absolute Gasteiger partial charge is 0.417 e. The van der Waals surface area contributed by atoms with E-state index in [4.69, 9.17) is 0 Å². The predicted octanol–water partition coefficient (Wildman–Crippen LogP) is 2.92. The van der Waals surface area contributed by atoms with Crippen LogP contribution in [-0.2, 0) is 6.18 Å². The molecule has 0 saturated carbocycles.